The molecule has 0 saturated carbocycles. The zero-order chi connectivity index (χ0) is 13.0. The lowest BCUT2D eigenvalue weighted by atomic mass is 10.1. The fraction of sp³-hybridized carbons (Fsp3) is 0.214. The molecule has 0 radical (unpaired) electrons. The van der Waals surface area contributed by atoms with E-state index in [0.717, 1.165) is 11.3 Å². The van der Waals surface area contributed by atoms with E-state index in [4.69, 9.17) is 4.74 Å². The third-order valence-electron chi connectivity index (χ3n) is 2.72. The summed E-state index contributed by atoms with van der Waals surface area (Å²) in [5.74, 6) is -0.0952. The standard InChI is InChI=1S/C14H15FN2O/c1-10(17-12-4-3-7-16-9-12)11-5-6-13(15)14(8-11)18-2/h3-10,17H,1-2H3. The Hall–Kier alpha value is -2.10. The number of methoxy groups -OCH3 is 1. The van der Waals surface area contributed by atoms with Gasteiger partial charge in [0.1, 0.15) is 0 Å². The second-order valence-corrected chi connectivity index (χ2v) is 4.00. The van der Waals surface area contributed by atoms with Crippen molar-refractivity contribution in [1.82, 2.24) is 4.98 Å². The lowest BCUT2D eigenvalue weighted by Crippen LogP contribution is -2.07. The molecule has 94 valence electrons. The maximum atomic E-state index is 13.3. The molecule has 1 aromatic carbocycles. The van der Waals surface area contributed by atoms with Crippen LogP contribution in [-0.2, 0) is 0 Å². The summed E-state index contributed by atoms with van der Waals surface area (Å²) in [4.78, 5) is 4.03. The molecule has 3 nitrogen and oxygen atoms in total. The van der Waals surface area contributed by atoms with Gasteiger partial charge in [0.05, 0.1) is 12.8 Å². The lowest BCUT2D eigenvalue weighted by Gasteiger charge is -2.16. The quantitative estimate of drug-likeness (QED) is 0.897. The average Bonchev–Trinajstić information content (AvgIpc) is 2.40. The maximum absolute atomic E-state index is 13.3. The van der Waals surface area contributed by atoms with Crippen molar-refractivity contribution in [3.8, 4) is 5.75 Å². The van der Waals surface area contributed by atoms with Crippen molar-refractivity contribution in [2.75, 3.05) is 12.4 Å². The Bertz CT molecular complexity index is 516. The van der Waals surface area contributed by atoms with Gasteiger partial charge < -0.3 is 10.1 Å². The van der Waals surface area contributed by atoms with Crippen molar-refractivity contribution >= 4 is 5.69 Å². The van der Waals surface area contributed by atoms with E-state index >= 15 is 0 Å². The van der Waals surface area contributed by atoms with E-state index in [1.54, 1.807) is 24.5 Å². The summed E-state index contributed by atoms with van der Waals surface area (Å²) in [7, 11) is 1.46. The SMILES string of the molecule is COc1cc(C(C)Nc2cccnc2)ccc1F. The first-order valence-corrected chi connectivity index (χ1v) is 5.70. The summed E-state index contributed by atoms with van der Waals surface area (Å²) in [6.45, 7) is 2.00. The highest BCUT2D eigenvalue weighted by Gasteiger charge is 2.09. The van der Waals surface area contributed by atoms with E-state index in [9.17, 15) is 4.39 Å². The minimum absolute atomic E-state index is 0.0451. The van der Waals surface area contributed by atoms with Gasteiger partial charge in [-0.2, -0.15) is 0 Å². The largest absolute Gasteiger partial charge is 0.494 e. The van der Waals surface area contributed by atoms with Crippen LogP contribution in [0.5, 0.6) is 5.75 Å². The number of halogens is 1. The Labute approximate surface area is 106 Å². The predicted molar refractivity (Wildman–Crippen MR) is 69.2 cm³/mol. The van der Waals surface area contributed by atoms with Gasteiger partial charge in [0, 0.05) is 18.4 Å². The molecule has 4 heteroatoms. The number of hydrogen-bond donors (Lipinski definition) is 1. The zero-order valence-electron chi connectivity index (χ0n) is 10.4. The van der Waals surface area contributed by atoms with Gasteiger partial charge in [-0.15, -0.1) is 0 Å². The van der Waals surface area contributed by atoms with Crippen LogP contribution < -0.4 is 10.1 Å². The van der Waals surface area contributed by atoms with Crippen LogP contribution in [0.15, 0.2) is 42.7 Å². The Kier molecular flexibility index (Phi) is 3.77. The van der Waals surface area contributed by atoms with Crippen LogP contribution in [0.25, 0.3) is 0 Å². The minimum atomic E-state index is -0.352. The van der Waals surface area contributed by atoms with Crippen molar-refractivity contribution in [3.05, 3.63) is 54.1 Å². The molecule has 1 atom stereocenters. The van der Waals surface area contributed by atoms with Crippen LogP contribution in [-0.4, -0.2) is 12.1 Å². The molecule has 1 heterocycles. The Morgan fingerprint density at radius 2 is 2.17 bits per heavy atom. The molecule has 0 amide bonds. The van der Waals surface area contributed by atoms with Crippen LogP contribution in [0.3, 0.4) is 0 Å². The van der Waals surface area contributed by atoms with E-state index in [1.807, 2.05) is 19.1 Å². The number of benzene rings is 1. The number of pyridine rings is 1. The van der Waals surface area contributed by atoms with E-state index < -0.39 is 0 Å². The van der Waals surface area contributed by atoms with Gasteiger partial charge in [-0.05, 0) is 36.8 Å². The fourth-order valence-electron chi connectivity index (χ4n) is 1.73. The van der Waals surface area contributed by atoms with Gasteiger partial charge >= 0.3 is 0 Å². The molecule has 2 rings (SSSR count). The highest BCUT2D eigenvalue weighted by atomic mass is 19.1. The zero-order valence-corrected chi connectivity index (χ0v) is 10.4. The van der Waals surface area contributed by atoms with Crippen LogP contribution in [0.1, 0.15) is 18.5 Å². The first kappa shape index (κ1) is 12.4. The topological polar surface area (TPSA) is 34.1 Å². The van der Waals surface area contributed by atoms with E-state index in [2.05, 4.69) is 10.3 Å². The summed E-state index contributed by atoms with van der Waals surface area (Å²) < 4.78 is 18.3. The third kappa shape index (κ3) is 2.77. The number of anilines is 1. The van der Waals surface area contributed by atoms with Crippen LogP contribution in [0, 0.1) is 5.82 Å². The van der Waals surface area contributed by atoms with Gasteiger partial charge in [0.15, 0.2) is 11.6 Å². The van der Waals surface area contributed by atoms with Crippen molar-refractivity contribution in [2.24, 2.45) is 0 Å². The molecule has 1 unspecified atom stereocenters. The number of rotatable bonds is 4. The van der Waals surface area contributed by atoms with Gasteiger partial charge in [0.25, 0.3) is 0 Å². The van der Waals surface area contributed by atoms with Crippen molar-refractivity contribution in [3.63, 3.8) is 0 Å². The highest BCUT2D eigenvalue weighted by Crippen LogP contribution is 2.24. The molecule has 1 N–H and O–H groups in total. The van der Waals surface area contributed by atoms with Crippen LogP contribution in [0.4, 0.5) is 10.1 Å². The lowest BCUT2D eigenvalue weighted by molar-refractivity contribution is 0.385. The summed E-state index contributed by atoms with van der Waals surface area (Å²) in [6, 6.07) is 8.69. The normalized spacial score (nSPS) is 11.9. The van der Waals surface area contributed by atoms with E-state index in [0.29, 0.717) is 0 Å². The molecule has 1 aromatic heterocycles. The third-order valence-corrected chi connectivity index (χ3v) is 2.72. The van der Waals surface area contributed by atoms with Crippen LogP contribution >= 0.6 is 0 Å². The molecule has 0 spiro atoms. The van der Waals surface area contributed by atoms with Gasteiger partial charge in [-0.25, -0.2) is 4.39 Å². The van der Waals surface area contributed by atoms with Crippen molar-refractivity contribution in [2.45, 2.75) is 13.0 Å². The Balaban J connectivity index is 2.16. The first-order valence-electron chi connectivity index (χ1n) is 5.70. The number of ether oxygens (including phenoxy) is 1. The number of nitrogens with one attached hydrogen (secondary N) is 1. The molecular formula is C14H15FN2O. The molecular weight excluding hydrogens is 231 g/mol. The summed E-state index contributed by atoms with van der Waals surface area (Å²) >= 11 is 0. The average molecular weight is 246 g/mol. The molecule has 2 aromatic rings. The number of nitrogens with zero attached hydrogens (tertiary/aromatic N) is 1. The second kappa shape index (κ2) is 5.49. The summed E-state index contributed by atoms with van der Waals surface area (Å²) in [5.41, 5.74) is 1.88. The van der Waals surface area contributed by atoms with Gasteiger partial charge in [-0.1, -0.05) is 6.07 Å². The molecule has 0 aliphatic rings. The smallest absolute Gasteiger partial charge is 0.165 e. The van der Waals surface area contributed by atoms with E-state index in [1.165, 1.54) is 13.2 Å². The Morgan fingerprint density at radius 3 is 2.83 bits per heavy atom. The summed E-state index contributed by atoms with van der Waals surface area (Å²) in [6.07, 6.45) is 3.47. The molecule has 0 aliphatic carbocycles. The van der Waals surface area contributed by atoms with Crippen molar-refractivity contribution < 1.29 is 9.13 Å². The molecule has 18 heavy (non-hydrogen) atoms. The predicted octanol–water partition coefficient (Wildman–Crippen LogP) is 3.40. The molecule has 0 bridgehead atoms. The monoisotopic (exact) mass is 246 g/mol. The second-order valence-electron chi connectivity index (χ2n) is 4.00. The maximum Gasteiger partial charge on any atom is 0.165 e. The van der Waals surface area contributed by atoms with Crippen molar-refractivity contribution in [1.29, 1.82) is 0 Å². The molecule has 0 aliphatic heterocycles. The molecule has 0 saturated heterocycles. The number of hydrogen-bond acceptors (Lipinski definition) is 3. The number of aromatic nitrogens is 1. The van der Waals surface area contributed by atoms with E-state index in [-0.39, 0.29) is 17.6 Å². The minimum Gasteiger partial charge on any atom is -0.494 e. The van der Waals surface area contributed by atoms with Gasteiger partial charge in [0.2, 0.25) is 0 Å². The molecule has 0 fully saturated rings. The van der Waals surface area contributed by atoms with Crippen LogP contribution in [0.2, 0.25) is 0 Å². The fourth-order valence-corrected chi connectivity index (χ4v) is 1.73. The Morgan fingerprint density at radius 1 is 1.33 bits per heavy atom. The first-order chi connectivity index (χ1) is 8.70. The highest BCUT2D eigenvalue weighted by molar-refractivity contribution is 5.43. The summed E-state index contributed by atoms with van der Waals surface area (Å²) in [5, 5.41) is 3.29. The van der Waals surface area contributed by atoms with Gasteiger partial charge in [-0.3, -0.25) is 4.98 Å².